The van der Waals surface area contributed by atoms with Gasteiger partial charge < -0.3 is 19.5 Å². The summed E-state index contributed by atoms with van der Waals surface area (Å²) in [6.07, 6.45) is 8.56. The molecule has 3 aromatic heterocycles. The molecule has 1 saturated heterocycles. The number of fused-ring (bicyclic) bond motifs is 3. The first-order valence-electron chi connectivity index (χ1n) is 12.3. The third-order valence-corrected chi connectivity index (χ3v) is 8.91. The third-order valence-electron chi connectivity index (χ3n) is 7.23. The van der Waals surface area contributed by atoms with Gasteiger partial charge in [-0.2, -0.15) is 0 Å². The average Bonchev–Trinajstić information content (AvgIpc) is 3.55. The van der Waals surface area contributed by atoms with Gasteiger partial charge in [0.1, 0.15) is 5.52 Å². The van der Waals surface area contributed by atoms with E-state index in [1.54, 1.807) is 48.8 Å². The van der Waals surface area contributed by atoms with Gasteiger partial charge in [0.15, 0.2) is 5.65 Å². The van der Waals surface area contributed by atoms with E-state index in [0.29, 0.717) is 32.0 Å². The molecule has 4 heterocycles. The van der Waals surface area contributed by atoms with Crippen molar-refractivity contribution in [2.45, 2.75) is 42.7 Å². The second-order valence-electron chi connectivity index (χ2n) is 9.37. The monoisotopic (exact) mass is 508 g/mol. The second-order valence-corrected chi connectivity index (χ2v) is 11.2. The summed E-state index contributed by atoms with van der Waals surface area (Å²) in [4.78, 5) is 23.6. The summed E-state index contributed by atoms with van der Waals surface area (Å²) in [6.45, 7) is 2.44. The van der Waals surface area contributed by atoms with Crippen LogP contribution in [0.3, 0.4) is 0 Å². The quantitative estimate of drug-likeness (QED) is 0.453. The lowest BCUT2D eigenvalue weighted by molar-refractivity contribution is 0.0520. The Bertz CT molecular complexity index is 1500. The highest BCUT2D eigenvalue weighted by atomic mass is 32.2. The molecule has 1 aliphatic carbocycles. The first-order chi connectivity index (χ1) is 17.5. The van der Waals surface area contributed by atoms with Crippen molar-refractivity contribution in [1.29, 1.82) is 0 Å². The lowest BCUT2D eigenvalue weighted by atomic mass is 9.91. The molecule has 2 amide bonds. The number of hydrogen-bond donors (Lipinski definition) is 1. The van der Waals surface area contributed by atoms with Crippen LogP contribution in [0.25, 0.3) is 22.1 Å². The number of nitrogens with zero attached hydrogens (tertiary/aromatic N) is 5. The molecule has 188 valence electrons. The number of urea groups is 1. The van der Waals surface area contributed by atoms with Gasteiger partial charge in [0.2, 0.25) is 0 Å². The number of imidazole rings is 1. The maximum atomic E-state index is 13.3. The smallest absolute Gasteiger partial charge is 0.317 e. The van der Waals surface area contributed by atoms with Crippen molar-refractivity contribution in [3.63, 3.8) is 0 Å². The van der Waals surface area contributed by atoms with Crippen LogP contribution in [0, 0.1) is 0 Å². The number of amides is 2. The van der Waals surface area contributed by atoms with Crippen molar-refractivity contribution in [2.75, 3.05) is 26.3 Å². The van der Waals surface area contributed by atoms with Gasteiger partial charge >= 0.3 is 6.03 Å². The van der Waals surface area contributed by atoms with Crippen LogP contribution in [0.1, 0.15) is 31.7 Å². The van der Waals surface area contributed by atoms with Gasteiger partial charge in [-0.05, 0) is 43.9 Å². The predicted molar refractivity (Wildman–Crippen MR) is 134 cm³/mol. The number of nitrogens with one attached hydrogen (secondary N) is 1. The van der Waals surface area contributed by atoms with Crippen LogP contribution < -0.4 is 5.32 Å². The average molecular weight is 509 g/mol. The molecule has 0 unspecified atom stereocenters. The molecule has 4 aromatic rings. The van der Waals surface area contributed by atoms with E-state index in [0.717, 1.165) is 42.1 Å². The topological polar surface area (TPSA) is 111 Å². The fraction of sp³-hybridized carbons (Fsp3) is 0.400. The molecular weight excluding hydrogens is 480 g/mol. The molecule has 1 aromatic carbocycles. The normalized spacial score (nSPS) is 21.2. The van der Waals surface area contributed by atoms with Gasteiger partial charge in [0, 0.05) is 36.8 Å². The Balaban J connectivity index is 1.24. The van der Waals surface area contributed by atoms with E-state index in [9.17, 15) is 13.2 Å². The van der Waals surface area contributed by atoms with Crippen molar-refractivity contribution in [1.82, 2.24) is 28.7 Å². The molecule has 10 nitrogen and oxygen atoms in total. The lowest BCUT2D eigenvalue weighted by Crippen LogP contribution is -2.49. The minimum atomic E-state index is -3.77. The number of pyridine rings is 1. The fourth-order valence-corrected chi connectivity index (χ4v) is 6.62. The van der Waals surface area contributed by atoms with Crippen LogP contribution in [-0.2, 0) is 14.8 Å². The first-order valence-corrected chi connectivity index (χ1v) is 13.7. The first kappa shape index (κ1) is 23.0. The van der Waals surface area contributed by atoms with E-state index >= 15 is 0 Å². The van der Waals surface area contributed by atoms with E-state index in [4.69, 9.17) is 4.74 Å². The molecule has 1 N–H and O–H groups in total. The van der Waals surface area contributed by atoms with Crippen molar-refractivity contribution in [3.05, 3.63) is 55.1 Å². The van der Waals surface area contributed by atoms with Gasteiger partial charge in [0.05, 0.1) is 36.2 Å². The molecular formula is C25H28N6O4S. The number of hydrogen-bond acceptors (Lipinski definition) is 6. The Morgan fingerprint density at radius 1 is 1.00 bits per heavy atom. The number of morpholine rings is 1. The molecule has 11 heteroatoms. The van der Waals surface area contributed by atoms with Crippen LogP contribution >= 0.6 is 0 Å². The van der Waals surface area contributed by atoms with Gasteiger partial charge in [-0.15, -0.1) is 0 Å². The molecule has 36 heavy (non-hydrogen) atoms. The van der Waals surface area contributed by atoms with Crippen molar-refractivity contribution in [2.24, 2.45) is 0 Å². The van der Waals surface area contributed by atoms with E-state index in [1.807, 2.05) is 11.2 Å². The van der Waals surface area contributed by atoms with Crippen molar-refractivity contribution < 1.29 is 17.9 Å². The minimum absolute atomic E-state index is 0.0106. The highest BCUT2D eigenvalue weighted by molar-refractivity contribution is 7.90. The summed E-state index contributed by atoms with van der Waals surface area (Å²) in [5.74, 6) is 0. The van der Waals surface area contributed by atoms with E-state index in [2.05, 4.69) is 19.9 Å². The maximum Gasteiger partial charge on any atom is 0.317 e. The Morgan fingerprint density at radius 3 is 2.50 bits per heavy atom. The van der Waals surface area contributed by atoms with Gasteiger partial charge in [-0.3, -0.25) is 0 Å². The van der Waals surface area contributed by atoms with Crippen LogP contribution in [0.4, 0.5) is 4.79 Å². The molecule has 0 bridgehead atoms. The highest BCUT2D eigenvalue weighted by Gasteiger charge is 2.28. The van der Waals surface area contributed by atoms with Crippen LogP contribution in [-0.4, -0.2) is 70.2 Å². The molecule has 2 fully saturated rings. The molecule has 2 aliphatic rings. The number of ether oxygens (including phenoxy) is 1. The predicted octanol–water partition coefficient (Wildman–Crippen LogP) is 3.15. The zero-order valence-electron chi connectivity index (χ0n) is 19.8. The maximum absolute atomic E-state index is 13.3. The number of aromatic nitrogens is 4. The molecule has 0 atom stereocenters. The summed E-state index contributed by atoms with van der Waals surface area (Å²) in [5.41, 5.74) is 2.02. The largest absolute Gasteiger partial charge is 0.378 e. The van der Waals surface area contributed by atoms with E-state index in [1.165, 1.54) is 3.97 Å². The summed E-state index contributed by atoms with van der Waals surface area (Å²) in [7, 11) is -3.77. The van der Waals surface area contributed by atoms with Crippen LogP contribution in [0.15, 0.2) is 60.0 Å². The zero-order chi connectivity index (χ0) is 24.7. The SMILES string of the molecule is O=C(NC1CCC(n2cnc3cnc4c(ccn4S(=O)(=O)c4ccccc4)c32)CC1)N1CCOCC1. The van der Waals surface area contributed by atoms with Crippen molar-refractivity contribution in [3.8, 4) is 0 Å². The Hall–Kier alpha value is -3.44. The van der Waals surface area contributed by atoms with E-state index in [-0.39, 0.29) is 23.0 Å². The summed E-state index contributed by atoms with van der Waals surface area (Å²) in [5, 5.41) is 3.94. The highest BCUT2D eigenvalue weighted by Crippen LogP contribution is 2.34. The van der Waals surface area contributed by atoms with E-state index < -0.39 is 10.0 Å². The molecule has 6 rings (SSSR count). The second kappa shape index (κ2) is 9.21. The van der Waals surface area contributed by atoms with Gasteiger partial charge in [-0.25, -0.2) is 27.2 Å². The summed E-state index contributed by atoms with van der Waals surface area (Å²) in [6, 6.07) is 10.5. The Morgan fingerprint density at radius 2 is 1.75 bits per heavy atom. The standard InChI is InChI=1S/C25H28N6O4S/c32-25(29-12-14-35-15-13-29)28-18-6-8-19(9-7-18)30-17-27-22-16-26-24-21(23(22)30)10-11-31(24)36(33,34)20-4-2-1-3-5-20/h1-5,10-11,16-19H,6-9,12-15H2,(H,28,32). The number of rotatable bonds is 4. The van der Waals surface area contributed by atoms with Gasteiger partial charge in [-0.1, -0.05) is 18.2 Å². The third kappa shape index (κ3) is 4.01. The Kier molecular flexibility index (Phi) is 5.88. The molecule has 0 radical (unpaired) electrons. The number of carbonyl (C=O) groups is 1. The number of carbonyl (C=O) groups excluding carboxylic acids is 1. The van der Waals surface area contributed by atoms with Crippen LogP contribution in [0.5, 0.6) is 0 Å². The van der Waals surface area contributed by atoms with Crippen molar-refractivity contribution >= 4 is 38.1 Å². The van der Waals surface area contributed by atoms with Gasteiger partial charge in [0.25, 0.3) is 10.0 Å². The zero-order valence-corrected chi connectivity index (χ0v) is 20.6. The van der Waals surface area contributed by atoms with Crippen LogP contribution in [0.2, 0.25) is 0 Å². The lowest BCUT2D eigenvalue weighted by Gasteiger charge is -2.33. The molecule has 0 spiro atoms. The molecule has 1 aliphatic heterocycles. The summed E-state index contributed by atoms with van der Waals surface area (Å²) < 4.78 is 35.3. The fourth-order valence-electron chi connectivity index (χ4n) is 5.29. The summed E-state index contributed by atoms with van der Waals surface area (Å²) >= 11 is 0. The minimum Gasteiger partial charge on any atom is -0.378 e. The number of benzene rings is 1. The molecule has 1 saturated carbocycles. The Labute approximate surface area is 208 Å².